The highest BCUT2D eigenvalue weighted by atomic mass is 16.1. The lowest BCUT2D eigenvalue weighted by atomic mass is 10.2. The quantitative estimate of drug-likeness (QED) is 0.837. The van der Waals surface area contributed by atoms with Crippen molar-refractivity contribution < 1.29 is 4.79 Å². The van der Waals surface area contributed by atoms with Crippen LogP contribution in [0.25, 0.3) is 11.0 Å². The number of carbonyl (C=O) groups is 1. The average molecular weight is 259 g/mol. The Kier molecular flexibility index (Phi) is 4.20. The van der Waals surface area contributed by atoms with Gasteiger partial charge in [0.15, 0.2) is 0 Å². The molecule has 0 bridgehead atoms. The monoisotopic (exact) mass is 259 g/mol. The molecule has 0 aliphatic carbocycles. The van der Waals surface area contributed by atoms with Crippen LogP contribution in [0.5, 0.6) is 0 Å². The molecule has 0 aliphatic rings. The van der Waals surface area contributed by atoms with Gasteiger partial charge in [-0.15, -0.1) is 0 Å². The molecule has 0 unspecified atom stereocenters. The third kappa shape index (κ3) is 3.13. The molecule has 0 spiro atoms. The number of hydrogen-bond donors (Lipinski definition) is 1. The van der Waals surface area contributed by atoms with Crippen molar-refractivity contribution in [3.05, 3.63) is 30.1 Å². The number of nitrogens with one attached hydrogen (secondary N) is 1. The molecule has 2 aromatic rings. The summed E-state index contributed by atoms with van der Waals surface area (Å²) in [5, 5.41) is 2.93. The van der Waals surface area contributed by atoms with Gasteiger partial charge in [0.2, 0.25) is 5.91 Å². The highest BCUT2D eigenvalue weighted by molar-refractivity contribution is 5.77. The third-order valence-electron chi connectivity index (χ3n) is 3.28. The Hall–Kier alpha value is -1.84. The van der Waals surface area contributed by atoms with E-state index in [4.69, 9.17) is 0 Å². The Bertz CT molecular complexity index is 572. The fraction of sp³-hybridized carbons (Fsp3) is 0.467. The van der Waals surface area contributed by atoms with Crippen LogP contribution < -0.4 is 5.32 Å². The van der Waals surface area contributed by atoms with Gasteiger partial charge >= 0.3 is 0 Å². The Morgan fingerprint density at radius 2 is 2.11 bits per heavy atom. The van der Waals surface area contributed by atoms with Crippen molar-refractivity contribution in [3.8, 4) is 0 Å². The lowest BCUT2D eigenvalue weighted by molar-refractivity contribution is -0.123. The Balaban J connectivity index is 1.92. The molecule has 4 heteroatoms. The van der Waals surface area contributed by atoms with E-state index in [0.29, 0.717) is 6.54 Å². The number of hydrogen-bond acceptors (Lipinski definition) is 2. The van der Waals surface area contributed by atoms with Gasteiger partial charge in [0.1, 0.15) is 5.82 Å². The summed E-state index contributed by atoms with van der Waals surface area (Å²) >= 11 is 0. The summed E-state index contributed by atoms with van der Waals surface area (Å²) in [6.07, 6.45) is 1.79. The predicted octanol–water partition coefficient (Wildman–Crippen LogP) is 2.28. The molecule has 1 amide bonds. The van der Waals surface area contributed by atoms with Gasteiger partial charge in [-0.05, 0) is 18.6 Å². The summed E-state index contributed by atoms with van der Waals surface area (Å²) in [7, 11) is 2.04. The highest BCUT2D eigenvalue weighted by Crippen LogP contribution is 2.14. The first-order chi connectivity index (χ1) is 9.09. The molecule has 0 radical (unpaired) electrons. The molecule has 0 aliphatic heterocycles. The molecule has 4 nitrogen and oxygen atoms in total. The first kappa shape index (κ1) is 13.6. The van der Waals surface area contributed by atoms with Crippen LogP contribution in [0.2, 0.25) is 0 Å². The molecule has 0 atom stereocenters. The zero-order valence-electron chi connectivity index (χ0n) is 11.8. The maximum absolute atomic E-state index is 11.4. The van der Waals surface area contributed by atoms with Crippen molar-refractivity contribution in [2.75, 3.05) is 6.54 Å². The summed E-state index contributed by atoms with van der Waals surface area (Å²) in [5.74, 6) is 1.24. The second-order valence-corrected chi connectivity index (χ2v) is 5.13. The van der Waals surface area contributed by atoms with Gasteiger partial charge < -0.3 is 9.88 Å². The number of aryl methyl sites for hydroxylation is 2. The fourth-order valence-electron chi connectivity index (χ4n) is 2.08. The molecule has 2 rings (SSSR count). The van der Waals surface area contributed by atoms with Crippen molar-refractivity contribution in [3.63, 3.8) is 0 Å². The Labute approximate surface area is 113 Å². The maximum atomic E-state index is 11.4. The number of rotatable bonds is 5. The van der Waals surface area contributed by atoms with E-state index in [1.807, 2.05) is 39.1 Å². The summed E-state index contributed by atoms with van der Waals surface area (Å²) in [5.41, 5.74) is 2.19. The number of nitrogens with zero attached hydrogens (tertiary/aromatic N) is 2. The molecular weight excluding hydrogens is 238 g/mol. The number of para-hydroxylation sites is 2. The van der Waals surface area contributed by atoms with Gasteiger partial charge in [0.05, 0.1) is 11.0 Å². The van der Waals surface area contributed by atoms with E-state index in [1.54, 1.807) is 0 Å². The SMILES string of the molecule is CC(C)C(=O)NCCCc1nc2ccccc2n1C. The first-order valence-corrected chi connectivity index (χ1v) is 6.77. The predicted molar refractivity (Wildman–Crippen MR) is 76.9 cm³/mol. The molecular formula is C15H21N3O. The van der Waals surface area contributed by atoms with Gasteiger partial charge in [0, 0.05) is 25.9 Å². The molecule has 0 fully saturated rings. The van der Waals surface area contributed by atoms with Gasteiger partial charge in [0.25, 0.3) is 0 Å². The molecule has 102 valence electrons. The minimum absolute atomic E-state index is 0.0516. The zero-order valence-corrected chi connectivity index (χ0v) is 11.8. The summed E-state index contributed by atoms with van der Waals surface area (Å²) in [6, 6.07) is 8.13. The second-order valence-electron chi connectivity index (χ2n) is 5.13. The van der Waals surface area contributed by atoms with E-state index < -0.39 is 0 Å². The minimum Gasteiger partial charge on any atom is -0.356 e. The second kappa shape index (κ2) is 5.87. The average Bonchev–Trinajstić information content (AvgIpc) is 2.72. The van der Waals surface area contributed by atoms with Gasteiger partial charge in [-0.25, -0.2) is 4.98 Å². The number of imidazole rings is 1. The van der Waals surface area contributed by atoms with E-state index >= 15 is 0 Å². The van der Waals surface area contributed by atoms with Crippen LogP contribution in [0.4, 0.5) is 0 Å². The maximum Gasteiger partial charge on any atom is 0.222 e. The summed E-state index contributed by atoms with van der Waals surface area (Å²) < 4.78 is 2.12. The van der Waals surface area contributed by atoms with Crippen LogP contribution in [0.1, 0.15) is 26.1 Å². The van der Waals surface area contributed by atoms with E-state index in [0.717, 1.165) is 29.7 Å². The molecule has 0 saturated heterocycles. The molecule has 1 heterocycles. The van der Waals surface area contributed by atoms with Crippen LogP contribution in [0, 0.1) is 5.92 Å². The van der Waals surface area contributed by atoms with E-state index in [1.165, 1.54) is 0 Å². The Morgan fingerprint density at radius 3 is 2.79 bits per heavy atom. The van der Waals surface area contributed by atoms with Crippen molar-refractivity contribution >= 4 is 16.9 Å². The normalized spacial score (nSPS) is 11.2. The summed E-state index contributed by atoms with van der Waals surface area (Å²) in [4.78, 5) is 16.0. The number of benzene rings is 1. The van der Waals surface area contributed by atoms with Crippen LogP contribution in [-0.4, -0.2) is 22.0 Å². The number of aromatic nitrogens is 2. The Morgan fingerprint density at radius 1 is 1.37 bits per heavy atom. The van der Waals surface area contributed by atoms with E-state index in [-0.39, 0.29) is 11.8 Å². The number of fused-ring (bicyclic) bond motifs is 1. The van der Waals surface area contributed by atoms with Crippen LogP contribution in [0.3, 0.4) is 0 Å². The number of carbonyl (C=O) groups excluding carboxylic acids is 1. The zero-order chi connectivity index (χ0) is 13.8. The van der Waals surface area contributed by atoms with E-state index in [9.17, 15) is 4.79 Å². The highest BCUT2D eigenvalue weighted by Gasteiger charge is 2.08. The first-order valence-electron chi connectivity index (χ1n) is 6.77. The van der Waals surface area contributed by atoms with Gasteiger partial charge in [-0.3, -0.25) is 4.79 Å². The largest absolute Gasteiger partial charge is 0.356 e. The van der Waals surface area contributed by atoms with Gasteiger partial charge in [-0.1, -0.05) is 26.0 Å². The van der Waals surface area contributed by atoms with Crippen molar-refractivity contribution in [2.24, 2.45) is 13.0 Å². The topological polar surface area (TPSA) is 46.9 Å². The molecule has 1 aromatic heterocycles. The van der Waals surface area contributed by atoms with Crippen LogP contribution in [0.15, 0.2) is 24.3 Å². The molecule has 1 aromatic carbocycles. The lowest BCUT2D eigenvalue weighted by Crippen LogP contribution is -2.28. The van der Waals surface area contributed by atoms with Crippen molar-refractivity contribution in [2.45, 2.75) is 26.7 Å². The third-order valence-corrected chi connectivity index (χ3v) is 3.28. The minimum atomic E-state index is 0.0516. The van der Waals surface area contributed by atoms with Crippen LogP contribution in [-0.2, 0) is 18.3 Å². The lowest BCUT2D eigenvalue weighted by Gasteiger charge is -2.07. The van der Waals surface area contributed by atoms with Gasteiger partial charge in [-0.2, -0.15) is 0 Å². The van der Waals surface area contributed by atoms with E-state index in [2.05, 4.69) is 20.9 Å². The smallest absolute Gasteiger partial charge is 0.222 e. The standard InChI is InChI=1S/C15H21N3O/c1-11(2)15(19)16-10-6-9-14-17-12-7-4-5-8-13(12)18(14)3/h4-5,7-8,11H,6,9-10H2,1-3H3,(H,16,19). The van der Waals surface area contributed by atoms with Crippen LogP contribution >= 0.6 is 0 Å². The summed E-state index contributed by atoms with van der Waals surface area (Å²) in [6.45, 7) is 4.52. The molecule has 1 N–H and O–H groups in total. The number of amides is 1. The fourth-order valence-corrected chi connectivity index (χ4v) is 2.08. The molecule has 0 saturated carbocycles. The van der Waals surface area contributed by atoms with Crippen molar-refractivity contribution in [1.29, 1.82) is 0 Å². The van der Waals surface area contributed by atoms with Crippen molar-refractivity contribution in [1.82, 2.24) is 14.9 Å². The molecule has 19 heavy (non-hydrogen) atoms.